The van der Waals surface area contributed by atoms with E-state index in [0.717, 1.165) is 21.7 Å². The number of rotatable bonds is 19. The van der Waals surface area contributed by atoms with Crippen molar-refractivity contribution in [3.05, 3.63) is 78.9 Å². The van der Waals surface area contributed by atoms with Crippen LogP contribution in [0.4, 0.5) is 0 Å². The fourth-order valence-corrected chi connectivity index (χ4v) is 8.50. The minimum absolute atomic E-state index is 0.0950. The highest BCUT2D eigenvalue weighted by atomic mass is 31.2. The maximum Gasteiger partial charge on any atom is 0.362 e. The first kappa shape index (κ1) is 31.4. The van der Waals surface area contributed by atoms with Crippen molar-refractivity contribution in [3.8, 4) is 5.75 Å². The topological polar surface area (TPSA) is 81.7 Å². The first-order chi connectivity index (χ1) is 19.1. The summed E-state index contributed by atoms with van der Waals surface area (Å²) >= 11 is 0. The number of methoxy groups -OCH3 is 3. The van der Waals surface area contributed by atoms with Gasteiger partial charge in [-0.2, -0.15) is 0 Å². The molecule has 0 saturated carbocycles. The molecule has 0 aromatic heterocycles. The second-order valence-electron chi connectivity index (χ2n) is 8.21. The van der Waals surface area contributed by atoms with Gasteiger partial charge >= 0.3 is 7.60 Å². The van der Waals surface area contributed by atoms with Crippen molar-refractivity contribution in [1.29, 1.82) is 0 Å². The average Bonchev–Trinajstić information content (AvgIpc) is 2.98. The Morgan fingerprint density at radius 2 is 1.10 bits per heavy atom. The number of ether oxygens (including phenoxy) is 5. The Morgan fingerprint density at radius 1 is 0.590 bits per heavy atom. The van der Waals surface area contributed by atoms with Crippen molar-refractivity contribution in [3.63, 3.8) is 0 Å². The van der Waals surface area contributed by atoms with Gasteiger partial charge in [0.1, 0.15) is 5.75 Å². The summed E-state index contributed by atoms with van der Waals surface area (Å²) in [6.07, 6.45) is 0. The van der Waals surface area contributed by atoms with Crippen LogP contribution in [0.3, 0.4) is 0 Å². The highest BCUT2D eigenvalue weighted by Gasteiger charge is 2.34. The van der Waals surface area contributed by atoms with Crippen LogP contribution in [0, 0.1) is 0 Å². The van der Waals surface area contributed by atoms with Gasteiger partial charge in [0.25, 0.3) is 0 Å². The van der Waals surface area contributed by atoms with Crippen LogP contribution in [0.15, 0.2) is 78.9 Å². The van der Waals surface area contributed by atoms with Crippen molar-refractivity contribution < 1.29 is 37.3 Å². The Balaban J connectivity index is 1.98. The molecule has 0 heterocycles. The van der Waals surface area contributed by atoms with Gasteiger partial charge in [-0.1, -0.05) is 66.7 Å². The third kappa shape index (κ3) is 9.49. The van der Waals surface area contributed by atoms with E-state index in [1.165, 1.54) is 0 Å². The van der Waals surface area contributed by atoms with Crippen LogP contribution in [0.1, 0.15) is 0 Å². The maximum absolute atomic E-state index is 14.5. The van der Waals surface area contributed by atoms with Crippen molar-refractivity contribution in [2.75, 3.05) is 74.2 Å². The van der Waals surface area contributed by atoms with Crippen LogP contribution in [-0.4, -0.2) is 74.2 Å². The molecule has 8 nitrogen and oxygen atoms in total. The van der Waals surface area contributed by atoms with E-state index < -0.39 is 15.5 Å². The monoisotopic (exact) mass is 576 g/mol. The summed E-state index contributed by atoms with van der Waals surface area (Å²) in [6.45, 7) is 2.47. The molecule has 212 valence electrons. The molecule has 3 aromatic rings. The van der Waals surface area contributed by atoms with E-state index in [-0.39, 0.29) is 26.4 Å². The van der Waals surface area contributed by atoms with Gasteiger partial charge in [-0.25, -0.2) is 0 Å². The van der Waals surface area contributed by atoms with E-state index in [0.29, 0.717) is 31.7 Å². The molecule has 0 saturated heterocycles. The Hall–Kier alpha value is -2.12. The van der Waals surface area contributed by atoms with E-state index in [4.69, 9.17) is 32.7 Å². The van der Waals surface area contributed by atoms with Gasteiger partial charge in [-0.15, -0.1) is 0 Å². The van der Waals surface area contributed by atoms with Gasteiger partial charge in [-0.3, -0.25) is 4.57 Å². The molecule has 0 spiro atoms. The Kier molecular flexibility index (Phi) is 14.1. The standard InChI is InChI=1S/C29H38O8P2/c1-31-17-19-34-21-23-36-39(30,37-24-22-35-20-18-32-2)29-16-10-9-15-28(29)38(25-11-5-4-6-12-25)27-14-8-7-13-26(27)33-3/h4-16H,17-24H2,1-3H3. The van der Waals surface area contributed by atoms with Crippen molar-refractivity contribution >= 4 is 36.7 Å². The fourth-order valence-electron chi connectivity index (χ4n) is 3.78. The van der Waals surface area contributed by atoms with E-state index in [2.05, 4.69) is 12.1 Å². The lowest BCUT2D eigenvalue weighted by molar-refractivity contribution is 0.0419. The lowest BCUT2D eigenvalue weighted by Crippen LogP contribution is -2.33. The molecule has 0 aliphatic rings. The Labute approximate surface area is 232 Å². The molecule has 3 rings (SSSR count). The van der Waals surface area contributed by atoms with Gasteiger partial charge in [0.15, 0.2) is 0 Å². The summed E-state index contributed by atoms with van der Waals surface area (Å²) in [5.74, 6) is 0.761. The summed E-state index contributed by atoms with van der Waals surface area (Å²) in [6, 6.07) is 25.7. The summed E-state index contributed by atoms with van der Waals surface area (Å²) in [4.78, 5) is 0. The normalized spacial score (nSPS) is 12.4. The van der Waals surface area contributed by atoms with Crippen LogP contribution in [0.5, 0.6) is 5.75 Å². The zero-order valence-corrected chi connectivity index (χ0v) is 24.6. The number of hydrogen-bond acceptors (Lipinski definition) is 8. The molecule has 0 aliphatic carbocycles. The molecular weight excluding hydrogens is 538 g/mol. The molecule has 0 amide bonds. The molecule has 0 fully saturated rings. The number of para-hydroxylation sites is 1. The van der Waals surface area contributed by atoms with Gasteiger partial charge in [0.2, 0.25) is 0 Å². The number of hydrogen-bond donors (Lipinski definition) is 0. The second kappa shape index (κ2) is 17.5. The molecule has 0 aliphatic heterocycles. The van der Waals surface area contributed by atoms with Crippen LogP contribution in [-0.2, 0) is 32.6 Å². The van der Waals surface area contributed by atoms with Crippen molar-refractivity contribution in [2.45, 2.75) is 0 Å². The summed E-state index contributed by atoms with van der Waals surface area (Å²) < 4.78 is 53.4. The summed E-state index contributed by atoms with van der Waals surface area (Å²) in [5, 5.41) is 3.47. The Bertz CT molecular complexity index is 1120. The van der Waals surface area contributed by atoms with Gasteiger partial charge < -0.3 is 32.7 Å². The first-order valence-electron chi connectivity index (χ1n) is 12.7. The van der Waals surface area contributed by atoms with Gasteiger partial charge in [0.05, 0.1) is 65.3 Å². The minimum atomic E-state index is -3.79. The summed E-state index contributed by atoms with van der Waals surface area (Å²) in [7, 11) is -0.0668. The molecule has 3 aromatic carbocycles. The zero-order chi connectivity index (χ0) is 27.8. The molecular formula is C29H38O8P2. The third-order valence-corrected chi connectivity index (χ3v) is 10.3. The van der Waals surface area contributed by atoms with Gasteiger partial charge in [0, 0.05) is 24.8 Å². The molecule has 1 atom stereocenters. The molecule has 10 heteroatoms. The third-order valence-electron chi connectivity index (χ3n) is 5.60. The molecule has 1 unspecified atom stereocenters. The minimum Gasteiger partial charge on any atom is -0.496 e. The predicted octanol–water partition coefficient (Wildman–Crippen LogP) is 3.63. The van der Waals surface area contributed by atoms with Crippen LogP contribution in [0.25, 0.3) is 0 Å². The SMILES string of the molecule is COCCOCCOP(=O)(OCCOCCOC)c1ccccc1P(c1ccccc1)c1ccccc1OC. The summed E-state index contributed by atoms with van der Waals surface area (Å²) in [5.41, 5.74) is 0. The van der Waals surface area contributed by atoms with Crippen LogP contribution in [0.2, 0.25) is 0 Å². The molecule has 0 N–H and O–H groups in total. The Morgan fingerprint density at radius 3 is 1.69 bits per heavy atom. The van der Waals surface area contributed by atoms with Crippen LogP contribution < -0.4 is 26.0 Å². The largest absolute Gasteiger partial charge is 0.496 e. The highest BCUT2D eigenvalue weighted by Crippen LogP contribution is 2.49. The lowest BCUT2D eigenvalue weighted by atomic mass is 10.3. The lowest BCUT2D eigenvalue weighted by Gasteiger charge is -2.27. The quantitative estimate of drug-likeness (QED) is 0.158. The van der Waals surface area contributed by atoms with E-state index in [1.807, 2.05) is 66.7 Å². The maximum atomic E-state index is 14.5. The first-order valence-corrected chi connectivity index (χ1v) is 15.6. The average molecular weight is 577 g/mol. The number of benzene rings is 3. The molecule has 39 heavy (non-hydrogen) atoms. The molecule has 0 bridgehead atoms. The highest BCUT2D eigenvalue weighted by molar-refractivity contribution is 7.81. The van der Waals surface area contributed by atoms with Crippen molar-refractivity contribution in [1.82, 2.24) is 0 Å². The smallest absolute Gasteiger partial charge is 0.362 e. The van der Waals surface area contributed by atoms with Crippen LogP contribution >= 0.6 is 15.5 Å². The second-order valence-corrected chi connectivity index (χ2v) is 12.3. The van der Waals surface area contributed by atoms with E-state index in [1.54, 1.807) is 21.3 Å². The van der Waals surface area contributed by atoms with E-state index in [9.17, 15) is 4.57 Å². The molecule has 0 radical (unpaired) electrons. The predicted molar refractivity (Wildman–Crippen MR) is 156 cm³/mol. The van der Waals surface area contributed by atoms with Crippen molar-refractivity contribution in [2.24, 2.45) is 0 Å². The van der Waals surface area contributed by atoms with E-state index >= 15 is 0 Å². The fraction of sp³-hybridized carbons (Fsp3) is 0.379. The zero-order valence-electron chi connectivity index (χ0n) is 22.8. The van der Waals surface area contributed by atoms with Gasteiger partial charge in [-0.05, 0) is 25.4 Å².